The third-order valence-corrected chi connectivity index (χ3v) is 5.78. The highest BCUT2D eigenvalue weighted by molar-refractivity contribution is 6.46. The second kappa shape index (κ2) is 9.10. The summed E-state index contributed by atoms with van der Waals surface area (Å²) in [6.45, 7) is 2.35. The standard InChI is InChI=1S/C27H25NO4/c1-18-8-10-20(11-9-18)24-23(25(29)21-12-14-22(32-2)15-13-21)26(30)27(31)28(24)17-16-19-6-4-3-5-7-19/h3-15,24,29H,16-17H2,1-2H3. The van der Waals surface area contributed by atoms with Crippen LogP contribution in [0.4, 0.5) is 0 Å². The number of aliphatic hydroxyl groups is 1. The number of amides is 1. The van der Waals surface area contributed by atoms with Crippen LogP contribution < -0.4 is 4.74 Å². The van der Waals surface area contributed by atoms with Crippen molar-refractivity contribution in [1.82, 2.24) is 4.90 Å². The van der Waals surface area contributed by atoms with Crippen molar-refractivity contribution >= 4 is 17.4 Å². The molecule has 3 aromatic carbocycles. The van der Waals surface area contributed by atoms with Gasteiger partial charge in [0.15, 0.2) is 0 Å². The van der Waals surface area contributed by atoms with Crippen molar-refractivity contribution in [2.75, 3.05) is 13.7 Å². The molecule has 1 aliphatic heterocycles. The fourth-order valence-electron chi connectivity index (χ4n) is 4.00. The third kappa shape index (κ3) is 4.14. The van der Waals surface area contributed by atoms with E-state index in [-0.39, 0.29) is 11.3 Å². The second-order valence-corrected chi connectivity index (χ2v) is 7.87. The van der Waals surface area contributed by atoms with Gasteiger partial charge in [-0.25, -0.2) is 0 Å². The number of methoxy groups -OCH3 is 1. The molecule has 0 aromatic heterocycles. The normalized spacial score (nSPS) is 17.6. The zero-order valence-electron chi connectivity index (χ0n) is 18.1. The van der Waals surface area contributed by atoms with Crippen LogP contribution in [-0.2, 0) is 16.0 Å². The van der Waals surface area contributed by atoms with E-state index >= 15 is 0 Å². The summed E-state index contributed by atoms with van der Waals surface area (Å²) in [5, 5.41) is 11.1. The lowest BCUT2D eigenvalue weighted by Gasteiger charge is -2.25. The molecule has 32 heavy (non-hydrogen) atoms. The number of Topliss-reactive ketones (excluding diaryl/α,β-unsaturated/α-hetero) is 1. The van der Waals surface area contributed by atoms with Crippen molar-refractivity contribution in [3.8, 4) is 5.75 Å². The first-order valence-corrected chi connectivity index (χ1v) is 10.5. The summed E-state index contributed by atoms with van der Waals surface area (Å²) in [6.07, 6.45) is 0.610. The molecule has 0 radical (unpaired) electrons. The average molecular weight is 428 g/mol. The third-order valence-electron chi connectivity index (χ3n) is 5.78. The molecule has 0 aliphatic carbocycles. The number of hydrogen-bond donors (Lipinski definition) is 1. The number of hydrogen-bond acceptors (Lipinski definition) is 4. The molecule has 0 saturated carbocycles. The first kappa shape index (κ1) is 21.4. The lowest BCUT2D eigenvalue weighted by atomic mass is 9.94. The summed E-state index contributed by atoms with van der Waals surface area (Å²) in [5.74, 6) is -0.808. The van der Waals surface area contributed by atoms with Gasteiger partial charge in [0.2, 0.25) is 0 Å². The molecule has 5 nitrogen and oxygen atoms in total. The van der Waals surface area contributed by atoms with Gasteiger partial charge in [-0.05, 0) is 48.7 Å². The minimum absolute atomic E-state index is 0.108. The predicted molar refractivity (Wildman–Crippen MR) is 123 cm³/mol. The summed E-state index contributed by atoms with van der Waals surface area (Å²) in [6, 6.07) is 23.7. The van der Waals surface area contributed by atoms with E-state index in [9.17, 15) is 14.7 Å². The van der Waals surface area contributed by atoms with Gasteiger partial charge in [-0.3, -0.25) is 9.59 Å². The van der Waals surface area contributed by atoms with Crippen molar-refractivity contribution in [3.63, 3.8) is 0 Å². The summed E-state index contributed by atoms with van der Waals surface area (Å²) in [5.41, 5.74) is 3.51. The van der Waals surface area contributed by atoms with Crippen LogP contribution in [-0.4, -0.2) is 35.4 Å². The molecule has 1 heterocycles. The van der Waals surface area contributed by atoms with Crippen molar-refractivity contribution in [1.29, 1.82) is 0 Å². The molecule has 1 fully saturated rings. The van der Waals surface area contributed by atoms with Gasteiger partial charge < -0.3 is 14.7 Å². The molecule has 1 atom stereocenters. The second-order valence-electron chi connectivity index (χ2n) is 7.87. The lowest BCUT2D eigenvalue weighted by molar-refractivity contribution is -0.139. The van der Waals surface area contributed by atoms with Crippen molar-refractivity contribution < 1.29 is 19.4 Å². The van der Waals surface area contributed by atoms with E-state index in [0.29, 0.717) is 24.3 Å². The van der Waals surface area contributed by atoms with Crippen LogP contribution in [0.1, 0.15) is 28.3 Å². The van der Waals surface area contributed by atoms with Gasteiger partial charge >= 0.3 is 0 Å². The molecule has 5 heteroatoms. The number of ether oxygens (including phenoxy) is 1. The minimum Gasteiger partial charge on any atom is -0.507 e. The van der Waals surface area contributed by atoms with Crippen molar-refractivity contribution in [2.45, 2.75) is 19.4 Å². The van der Waals surface area contributed by atoms with Crippen molar-refractivity contribution in [2.24, 2.45) is 0 Å². The smallest absolute Gasteiger partial charge is 0.295 e. The lowest BCUT2D eigenvalue weighted by Crippen LogP contribution is -2.31. The van der Waals surface area contributed by atoms with Crippen LogP contribution in [0.25, 0.3) is 5.76 Å². The molecular formula is C27H25NO4. The van der Waals surface area contributed by atoms with Gasteiger partial charge in [-0.15, -0.1) is 0 Å². The van der Waals surface area contributed by atoms with Gasteiger partial charge in [0.05, 0.1) is 18.7 Å². The fourth-order valence-corrected chi connectivity index (χ4v) is 4.00. The number of aryl methyl sites for hydroxylation is 1. The van der Waals surface area contributed by atoms with E-state index in [4.69, 9.17) is 4.74 Å². The largest absolute Gasteiger partial charge is 0.507 e. The Morgan fingerprint density at radius 1 is 0.938 bits per heavy atom. The maximum absolute atomic E-state index is 13.1. The Morgan fingerprint density at radius 3 is 2.22 bits per heavy atom. The molecule has 4 rings (SSSR count). The molecule has 0 spiro atoms. The number of ketones is 1. The SMILES string of the molecule is COc1ccc(C(O)=C2C(=O)C(=O)N(CCc3ccccc3)C2c2ccc(C)cc2)cc1. The number of carbonyl (C=O) groups is 2. The highest BCUT2D eigenvalue weighted by Gasteiger charge is 2.45. The van der Waals surface area contributed by atoms with Gasteiger partial charge in [0.25, 0.3) is 11.7 Å². The first-order valence-electron chi connectivity index (χ1n) is 10.5. The van der Waals surface area contributed by atoms with Crippen LogP contribution in [0, 0.1) is 6.92 Å². The zero-order valence-corrected chi connectivity index (χ0v) is 18.1. The van der Waals surface area contributed by atoms with E-state index < -0.39 is 17.7 Å². The summed E-state index contributed by atoms with van der Waals surface area (Å²) >= 11 is 0. The van der Waals surface area contributed by atoms with E-state index in [1.807, 2.05) is 61.5 Å². The Labute approximate surface area is 187 Å². The maximum Gasteiger partial charge on any atom is 0.295 e. The minimum atomic E-state index is -0.669. The summed E-state index contributed by atoms with van der Waals surface area (Å²) in [4.78, 5) is 27.7. The molecule has 1 N–H and O–H groups in total. The van der Waals surface area contributed by atoms with Crippen LogP contribution in [0.15, 0.2) is 84.4 Å². The molecule has 1 unspecified atom stereocenters. The Morgan fingerprint density at radius 2 is 1.59 bits per heavy atom. The Hall–Kier alpha value is -3.86. The molecular weight excluding hydrogens is 402 g/mol. The monoisotopic (exact) mass is 427 g/mol. The summed E-state index contributed by atoms with van der Waals surface area (Å²) < 4.78 is 5.18. The number of rotatable bonds is 6. The van der Waals surface area contributed by atoms with Crippen LogP contribution >= 0.6 is 0 Å². The van der Waals surface area contributed by atoms with Gasteiger partial charge in [-0.2, -0.15) is 0 Å². The number of nitrogens with zero attached hydrogens (tertiary/aromatic N) is 1. The van der Waals surface area contributed by atoms with E-state index in [2.05, 4.69) is 0 Å². The Kier molecular flexibility index (Phi) is 6.08. The number of carbonyl (C=O) groups excluding carboxylic acids is 2. The van der Waals surface area contributed by atoms with Gasteiger partial charge in [-0.1, -0.05) is 60.2 Å². The maximum atomic E-state index is 13.1. The molecule has 1 amide bonds. The quantitative estimate of drug-likeness (QED) is 0.353. The fraction of sp³-hybridized carbons (Fsp3) is 0.185. The molecule has 0 bridgehead atoms. The van der Waals surface area contributed by atoms with E-state index in [1.165, 1.54) is 0 Å². The predicted octanol–water partition coefficient (Wildman–Crippen LogP) is 4.67. The molecule has 1 aliphatic rings. The molecule has 3 aromatic rings. The first-order chi connectivity index (χ1) is 15.5. The van der Waals surface area contributed by atoms with E-state index in [1.54, 1.807) is 36.3 Å². The molecule has 162 valence electrons. The van der Waals surface area contributed by atoms with E-state index in [0.717, 1.165) is 16.7 Å². The van der Waals surface area contributed by atoms with Crippen LogP contribution in [0.5, 0.6) is 5.75 Å². The topological polar surface area (TPSA) is 66.8 Å². The summed E-state index contributed by atoms with van der Waals surface area (Å²) in [7, 11) is 1.56. The zero-order chi connectivity index (χ0) is 22.7. The number of likely N-dealkylation sites (tertiary alicyclic amines) is 1. The molecule has 1 saturated heterocycles. The van der Waals surface area contributed by atoms with Crippen molar-refractivity contribution in [3.05, 3.63) is 107 Å². The highest BCUT2D eigenvalue weighted by Crippen LogP contribution is 2.39. The Bertz CT molecular complexity index is 1150. The van der Waals surface area contributed by atoms with Crippen LogP contribution in [0.3, 0.4) is 0 Å². The average Bonchev–Trinajstić information content (AvgIpc) is 3.08. The number of benzene rings is 3. The Balaban J connectivity index is 1.77. The highest BCUT2D eigenvalue weighted by atomic mass is 16.5. The van der Waals surface area contributed by atoms with Crippen LogP contribution in [0.2, 0.25) is 0 Å². The van der Waals surface area contributed by atoms with Gasteiger partial charge in [0.1, 0.15) is 11.5 Å². The van der Waals surface area contributed by atoms with Gasteiger partial charge in [0, 0.05) is 12.1 Å². The number of aliphatic hydroxyl groups excluding tert-OH is 1.